The van der Waals surface area contributed by atoms with Crippen LogP contribution in [0.15, 0.2) is 0 Å². The SMILES string of the molecule is CCN(CC)CCCOC(=O)CCC12CC3CC(CCC(=O)O)(CC(CCC(=O)O)(C3)C1)C2. The van der Waals surface area contributed by atoms with Gasteiger partial charge >= 0.3 is 17.9 Å². The van der Waals surface area contributed by atoms with Crippen LogP contribution in [0.25, 0.3) is 0 Å². The number of hydrogen-bond donors (Lipinski definition) is 2. The summed E-state index contributed by atoms with van der Waals surface area (Å²) in [5.41, 5.74) is 0.00458. The second-order valence-corrected chi connectivity index (χ2v) is 11.4. The molecule has 0 heterocycles. The summed E-state index contributed by atoms with van der Waals surface area (Å²) in [6, 6.07) is 0. The van der Waals surface area contributed by atoms with Gasteiger partial charge < -0.3 is 19.8 Å². The molecule has 2 unspecified atom stereocenters. The predicted octanol–water partition coefficient (Wildman–Crippen LogP) is 4.73. The number of carbonyl (C=O) groups is 3. The van der Waals surface area contributed by atoms with Gasteiger partial charge in [-0.2, -0.15) is 0 Å². The molecule has 0 aromatic heterocycles. The minimum atomic E-state index is -0.757. The molecule has 4 bridgehead atoms. The van der Waals surface area contributed by atoms with Crippen LogP contribution >= 0.6 is 0 Å². The van der Waals surface area contributed by atoms with E-state index in [-0.39, 0.29) is 35.1 Å². The smallest absolute Gasteiger partial charge is 0.305 e. The van der Waals surface area contributed by atoms with Crippen molar-refractivity contribution in [3.8, 4) is 0 Å². The van der Waals surface area contributed by atoms with Gasteiger partial charge in [0.05, 0.1) is 6.61 Å². The van der Waals surface area contributed by atoms with E-state index in [0.717, 1.165) is 71.0 Å². The average Bonchev–Trinajstić information content (AvgIpc) is 2.74. The van der Waals surface area contributed by atoms with E-state index >= 15 is 0 Å². The first kappa shape index (κ1) is 26.0. The van der Waals surface area contributed by atoms with Crippen LogP contribution in [0.1, 0.15) is 97.3 Å². The van der Waals surface area contributed by atoms with E-state index in [1.807, 2.05) is 0 Å². The molecule has 188 valence electrons. The standard InChI is InChI=1S/C26H43NO6/c1-3-27(4-2)12-5-13-33-23(32)8-11-26-16-20-14-24(18-26,9-6-21(28)29)17-25(15-20,19-26)10-7-22(30)31/h20H,3-19H2,1-2H3,(H,28,29)(H,30,31). The van der Waals surface area contributed by atoms with Crippen LogP contribution in [0, 0.1) is 22.2 Å². The number of aliphatic carboxylic acids is 2. The molecule has 4 aliphatic rings. The molecule has 4 saturated carbocycles. The Balaban J connectivity index is 1.61. The number of hydrogen-bond acceptors (Lipinski definition) is 5. The number of ether oxygens (including phenoxy) is 1. The molecule has 2 N–H and O–H groups in total. The van der Waals surface area contributed by atoms with Gasteiger partial charge in [0.15, 0.2) is 0 Å². The quantitative estimate of drug-likeness (QED) is 0.266. The van der Waals surface area contributed by atoms with E-state index in [9.17, 15) is 24.6 Å². The van der Waals surface area contributed by atoms with Crippen molar-refractivity contribution in [1.29, 1.82) is 0 Å². The van der Waals surface area contributed by atoms with Crippen molar-refractivity contribution in [3.63, 3.8) is 0 Å². The fourth-order valence-corrected chi connectivity index (χ4v) is 8.09. The Morgan fingerprint density at radius 2 is 1.27 bits per heavy atom. The maximum Gasteiger partial charge on any atom is 0.305 e. The van der Waals surface area contributed by atoms with Gasteiger partial charge in [0, 0.05) is 25.8 Å². The molecule has 0 saturated heterocycles. The lowest BCUT2D eigenvalue weighted by atomic mass is 9.37. The minimum Gasteiger partial charge on any atom is -0.481 e. The van der Waals surface area contributed by atoms with Crippen LogP contribution in [0.2, 0.25) is 0 Å². The summed E-state index contributed by atoms with van der Waals surface area (Å²) in [5.74, 6) is -1.13. The number of carboxylic acids is 2. The van der Waals surface area contributed by atoms with Crippen LogP contribution in [0.3, 0.4) is 0 Å². The van der Waals surface area contributed by atoms with Gasteiger partial charge in [-0.1, -0.05) is 13.8 Å². The zero-order chi connectivity index (χ0) is 24.1. The largest absolute Gasteiger partial charge is 0.481 e. The lowest BCUT2D eigenvalue weighted by Crippen LogP contribution is -2.57. The number of rotatable bonds is 15. The van der Waals surface area contributed by atoms with E-state index in [0.29, 0.717) is 31.8 Å². The summed E-state index contributed by atoms with van der Waals surface area (Å²) >= 11 is 0. The Bertz CT molecular complexity index is 684. The third-order valence-corrected chi connectivity index (χ3v) is 8.79. The highest BCUT2D eigenvalue weighted by Crippen LogP contribution is 2.73. The second-order valence-electron chi connectivity index (χ2n) is 11.4. The predicted molar refractivity (Wildman–Crippen MR) is 125 cm³/mol. The van der Waals surface area contributed by atoms with Crippen molar-refractivity contribution in [2.24, 2.45) is 22.2 Å². The normalized spacial score (nSPS) is 32.3. The summed E-state index contributed by atoms with van der Waals surface area (Å²) in [5, 5.41) is 18.6. The summed E-state index contributed by atoms with van der Waals surface area (Å²) in [7, 11) is 0. The molecule has 0 amide bonds. The minimum absolute atomic E-state index is 0.00994. The molecule has 4 rings (SSSR count). The summed E-state index contributed by atoms with van der Waals surface area (Å²) in [6.45, 7) is 7.66. The Hall–Kier alpha value is -1.63. The molecule has 0 aromatic rings. The Morgan fingerprint density at radius 1 is 0.818 bits per heavy atom. The van der Waals surface area contributed by atoms with Crippen molar-refractivity contribution in [1.82, 2.24) is 4.90 Å². The van der Waals surface area contributed by atoms with Crippen LogP contribution in [0.4, 0.5) is 0 Å². The highest BCUT2D eigenvalue weighted by atomic mass is 16.5. The zero-order valence-electron chi connectivity index (χ0n) is 20.6. The maximum atomic E-state index is 12.5. The van der Waals surface area contributed by atoms with E-state index in [1.54, 1.807) is 0 Å². The summed E-state index contributed by atoms with van der Waals surface area (Å²) < 4.78 is 5.53. The molecule has 4 aliphatic carbocycles. The first-order valence-corrected chi connectivity index (χ1v) is 12.9. The third-order valence-electron chi connectivity index (χ3n) is 8.79. The molecular formula is C26H43NO6. The van der Waals surface area contributed by atoms with Gasteiger partial charge in [-0.25, -0.2) is 0 Å². The van der Waals surface area contributed by atoms with Crippen LogP contribution in [-0.4, -0.2) is 59.3 Å². The van der Waals surface area contributed by atoms with Crippen molar-refractivity contribution in [2.45, 2.75) is 97.3 Å². The van der Waals surface area contributed by atoms with Gasteiger partial charge in [-0.05, 0) is 99.5 Å². The highest BCUT2D eigenvalue weighted by molar-refractivity contribution is 5.69. The van der Waals surface area contributed by atoms with Crippen molar-refractivity contribution in [2.75, 3.05) is 26.2 Å². The Labute approximate surface area is 198 Å². The first-order valence-electron chi connectivity index (χ1n) is 12.9. The van der Waals surface area contributed by atoms with Gasteiger partial charge in [-0.15, -0.1) is 0 Å². The Morgan fingerprint density at radius 3 is 1.70 bits per heavy atom. The second kappa shape index (κ2) is 10.7. The lowest BCUT2D eigenvalue weighted by Gasteiger charge is -2.67. The molecule has 0 aromatic carbocycles. The Kier molecular flexibility index (Phi) is 8.46. The average molecular weight is 466 g/mol. The monoisotopic (exact) mass is 465 g/mol. The summed E-state index contributed by atoms with van der Waals surface area (Å²) in [4.78, 5) is 37.5. The molecule has 0 radical (unpaired) electrons. The molecule has 33 heavy (non-hydrogen) atoms. The third kappa shape index (κ3) is 6.71. The number of esters is 1. The summed E-state index contributed by atoms with van der Waals surface area (Å²) in [6.07, 6.45) is 9.85. The van der Waals surface area contributed by atoms with Crippen molar-refractivity contribution >= 4 is 17.9 Å². The number of nitrogens with zero attached hydrogens (tertiary/aromatic N) is 1. The van der Waals surface area contributed by atoms with Crippen LogP contribution in [0.5, 0.6) is 0 Å². The van der Waals surface area contributed by atoms with E-state index in [4.69, 9.17) is 4.74 Å². The molecule has 7 nitrogen and oxygen atoms in total. The number of carbonyl (C=O) groups excluding carboxylic acids is 1. The van der Waals surface area contributed by atoms with E-state index < -0.39 is 11.9 Å². The van der Waals surface area contributed by atoms with Gasteiger partial charge in [0.25, 0.3) is 0 Å². The van der Waals surface area contributed by atoms with Crippen LogP contribution in [-0.2, 0) is 19.1 Å². The highest BCUT2D eigenvalue weighted by Gasteiger charge is 2.62. The molecule has 0 aliphatic heterocycles. The van der Waals surface area contributed by atoms with Gasteiger partial charge in [-0.3, -0.25) is 14.4 Å². The van der Waals surface area contributed by atoms with E-state index in [1.165, 1.54) is 0 Å². The van der Waals surface area contributed by atoms with Gasteiger partial charge in [0.2, 0.25) is 0 Å². The van der Waals surface area contributed by atoms with Crippen molar-refractivity contribution in [3.05, 3.63) is 0 Å². The van der Waals surface area contributed by atoms with Crippen LogP contribution < -0.4 is 0 Å². The van der Waals surface area contributed by atoms with Crippen molar-refractivity contribution < 1.29 is 29.3 Å². The molecule has 7 heteroatoms. The number of carboxylic acid groups (broad SMARTS) is 2. The fourth-order valence-electron chi connectivity index (χ4n) is 8.09. The first-order chi connectivity index (χ1) is 15.6. The molecule has 4 fully saturated rings. The molecular weight excluding hydrogens is 422 g/mol. The van der Waals surface area contributed by atoms with Gasteiger partial charge in [0.1, 0.15) is 0 Å². The molecule has 0 spiro atoms. The molecule has 2 atom stereocenters. The topological polar surface area (TPSA) is 104 Å². The van der Waals surface area contributed by atoms with E-state index in [2.05, 4.69) is 18.7 Å². The fraction of sp³-hybridized carbons (Fsp3) is 0.885. The lowest BCUT2D eigenvalue weighted by molar-refractivity contribution is -0.176. The zero-order valence-corrected chi connectivity index (χ0v) is 20.6. The maximum absolute atomic E-state index is 12.5.